The fourth-order valence-electron chi connectivity index (χ4n) is 3.33. The molecule has 1 fully saturated rings. The molecule has 1 aliphatic heterocycles. The molecule has 0 saturated carbocycles. The van der Waals surface area contributed by atoms with Crippen LogP contribution in [0.25, 0.3) is 0 Å². The van der Waals surface area contributed by atoms with Crippen molar-refractivity contribution in [3.05, 3.63) is 59.7 Å². The first kappa shape index (κ1) is 20.9. The number of carbonyl (C=O) groups excluding carboxylic acids is 2. The average molecular weight is 416 g/mol. The summed E-state index contributed by atoms with van der Waals surface area (Å²) in [6.45, 7) is 2.60. The summed E-state index contributed by atoms with van der Waals surface area (Å²) in [5, 5.41) is 2.25. The summed E-state index contributed by atoms with van der Waals surface area (Å²) in [4.78, 5) is 26.1. The molecule has 0 bridgehead atoms. The number of ether oxygens (including phenoxy) is 1. The molecule has 0 atom stereocenters. The lowest BCUT2D eigenvalue weighted by Gasteiger charge is -2.31. The van der Waals surface area contributed by atoms with Crippen LogP contribution in [-0.2, 0) is 14.6 Å². The van der Waals surface area contributed by atoms with Gasteiger partial charge in [-0.15, -0.1) is 0 Å². The van der Waals surface area contributed by atoms with E-state index >= 15 is 0 Å². The van der Waals surface area contributed by atoms with Crippen LogP contribution >= 0.6 is 0 Å². The third-order valence-electron chi connectivity index (χ3n) is 5.05. The molecule has 29 heavy (non-hydrogen) atoms. The SMILES string of the molecule is COC(=O)c1cccc(NC(=O)N2CCC(S(=O)(=O)c3ccc(C)cc3)CC2)c1. The van der Waals surface area contributed by atoms with Crippen molar-refractivity contribution in [2.24, 2.45) is 0 Å². The van der Waals surface area contributed by atoms with Crippen molar-refractivity contribution >= 4 is 27.5 Å². The molecule has 0 spiro atoms. The van der Waals surface area contributed by atoms with Crippen molar-refractivity contribution in [3.8, 4) is 0 Å². The van der Waals surface area contributed by atoms with Crippen molar-refractivity contribution in [1.82, 2.24) is 4.90 Å². The maximum Gasteiger partial charge on any atom is 0.337 e. The number of benzene rings is 2. The van der Waals surface area contributed by atoms with Crippen LogP contribution in [0.2, 0.25) is 0 Å². The molecule has 7 nitrogen and oxygen atoms in total. The van der Waals surface area contributed by atoms with Gasteiger partial charge in [-0.1, -0.05) is 23.8 Å². The molecule has 8 heteroatoms. The third-order valence-corrected chi connectivity index (χ3v) is 7.33. The number of anilines is 1. The summed E-state index contributed by atoms with van der Waals surface area (Å²) >= 11 is 0. The second kappa shape index (κ2) is 8.65. The number of methoxy groups -OCH3 is 1. The van der Waals surface area contributed by atoms with Gasteiger partial charge in [0.25, 0.3) is 0 Å². The van der Waals surface area contributed by atoms with Crippen LogP contribution in [0.15, 0.2) is 53.4 Å². The highest BCUT2D eigenvalue weighted by Crippen LogP contribution is 2.25. The van der Waals surface area contributed by atoms with Crippen molar-refractivity contribution in [3.63, 3.8) is 0 Å². The van der Waals surface area contributed by atoms with Gasteiger partial charge in [-0.2, -0.15) is 0 Å². The minimum atomic E-state index is -3.41. The number of rotatable bonds is 4. The van der Waals surface area contributed by atoms with Crippen molar-refractivity contribution in [2.75, 3.05) is 25.5 Å². The zero-order valence-corrected chi connectivity index (χ0v) is 17.2. The van der Waals surface area contributed by atoms with Gasteiger partial charge in [0.05, 0.1) is 22.8 Å². The van der Waals surface area contributed by atoms with E-state index in [1.807, 2.05) is 6.92 Å². The molecule has 0 aromatic heterocycles. The van der Waals surface area contributed by atoms with Crippen LogP contribution < -0.4 is 5.32 Å². The zero-order valence-electron chi connectivity index (χ0n) is 16.4. The first-order valence-electron chi connectivity index (χ1n) is 9.36. The number of amides is 2. The number of likely N-dealkylation sites (tertiary alicyclic amines) is 1. The van der Waals surface area contributed by atoms with Crippen LogP contribution in [0.1, 0.15) is 28.8 Å². The lowest BCUT2D eigenvalue weighted by Crippen LogP contribution is -2.44. The lowest BCUT2D eigenvalue weighted by molar-refractivity contribution is 0.0600. The Hall–Kier alpha value is -2.87. The van der Waals surface area contributed by atoms with E-state index in [1.165, 1.54) is 7.11 Å². The molecule has 1 aliphatic rings. The molecule has 0 aliphatic carbocycles. The Morgan fingerprint density at radius 2 is 1.72 bits per heavy atom. The number of hydrogen-bond donors (Lipinski definition) is 1. The minimum absolute atomic E-state index is 0.321. The number of aryl methyl sites for hydroxylation is 1. The number of carbonyl (C=O) groups is 2. The van der Waals surface area contributed by atoms with E-state index in [4.69, 9.17) is 0 Å². The van der Waals surface area contributed by atoms with Crippen LogP contribution in [-0.4, -0.2) is 50.8 Å². The van der Waals surface area contributed by atoms with E-state index in [0.29, 0.717) is 42.1 Å². The van der Waals surface area contributed by atoms with Gasteiger partial charge in [-0.05, 0) is 50.1 Å². The summed E-state index contributed by atoms with van der Waals surface area (Å²) in [7, 11) is -2.12. The fraction of sp³-hybridized carbons (Fsp3) is 0.333. The number of sulfone groups is 1. The van der Waals surface area contributed by atoms with Gasteiger partial charge in [-0.3, -0.25) is 0 Å². The van der Waals surface area contributed by atoms with Gasteiger partial charge in [0.2, 0.25) is 0 Å². The monoisotopic (exact) mass is 416 g/mol. The normalized spacial score (nSPS) is 15.0. The molecule has 2 amide bonds. The average Bonchev–Trinajstić information content (AvgIpc) is 2.73. The standard InChI is InChI=1S/C21H24N2O5S/c1-15-6-8-18(9-7-15)29(26,27)19-10-12-23(13-11-19)21(25)22-17-5-3-4-16(14-17)20(24)28-2/h3-9,14,19H,10-13H2,1-2H3,(H,22,25). The second-order valence-electron chi connectivity index (χ2n) is 7.05. The van der Waals surface area contributed by atoms with E-state index in [-0.39, 0.29) is 6.03 Å². The number of hydrogen-bond acceptors (Lipinski definition) is 5. The smallest absolute Gasteiger partial charge is 0.337 e. The van der Waals surface area contributed by atoms with Gasteiger partial charge >= 0.3 is 12.0 Å². The molecule has 2 aromatic rings. The van der Waals surface area contributed by atoms with Gasteiger partial charge < -0.3 is 15.0 Å². The van der Waals surface area contributed by atoms with E-state index in [0.717, 1.165) is 5.56 Å². The molecule has 2 aromatic carbocycles. The maximum absolute atomic E-state index is 12.8. The highest BCUT2D eigenvalue weighted by Gasteiger charge is 2.32. The van der Waals surface area contributed by atoms with E-state index < -0.39 is 21.1 Å². The number of esters is 1. The second-order valence-corrected chi connectivity index (χ2v) is 9.28. The van der Waals surface area contributed by atoms with E-state index in [1.54, 1.807) is 53.4 Å². The molecule has 0 unspecified atom stereocenters. The van der Waals surface area contributed by atoms with Gasteiger partial charge in [0.1, 0.15) is 0 Å². The number of urea groups is 1. The zero-order chi connectivity index (χ0) is 21.0. The summed E-state index contributed by atoms with van der Waals surface area (Å²) < 4.78 is 30.3. The topological polar surface area (TPSA) is 92.8 Å². The summed E-state index contributed by atoms with van der Waals surface area (Å²) in [5.74, 6) is -0.483. The predicted octanol–water partition coefficient (Wildman–Crippen LogP) is 3.25. The Kier molecular flexibility index (Phi) is 6.22. The number of nitrogens with one attached hydrogen (secondary N) is 1. The van der Waals surface area contributed by atoms with Crippen molar-refractivity contribution < 1.29 is 22.7 Å². The van der Waals surface area contributed by atoms with E-state index in [2.05, 4.69) is 10.1 Å². The van der Waals surface area contributed by atoms with E-state index in [9.17, 15) is 18.0 Å². The quantitative estimate of drug-likeness (QED) is 0.773. The highest BCUT2D eigenvalue weighted by molar-refractivity contribution is 7.92. The third kappa shape index (κ3) is 4.76. The Morgan fingerprint density at radius 3 is 2.34 bits per heavy atom. The Labute approximate surface area is 170 Å². The summed E-state index contributed by atoms with van der Waals surface area (Å²) in [5.41, 5.74) is 1.83. The molecule has 154 valence electrons. The molecule has 1 N–H and O–H groups in total. The molecular weight excluding hydrogens is 392 g/mol. The molecule has 1 saturated heterocycles. The van der Waals surface area contributed by atoms with Crippen LogP contribution in [0.3, 0.4) is 0 Å². The Balaban J connectivity index is 1.61. The van der Waals surface area contributed by atoms with Crippen LogP contribution in [0.4, 0.5) is 10.5 Å². The molecule has 0 radical (unpaired) electrons. The van der Waals surface area contributed by atoms with Crippen LogP contribution in [0, 0.1) is 6.92 Å². The lowest BCUT2D eigenvalue weighted by atomic mass is 10.1. The maximum atomic E-state index is 12.8. The predicted molar refractivity (Wildman–Crippen MR) is 110 cm³/mol. The number of piperidine rings is 1. The van der Waals surface area contributed by atoms with Gasteiger partial charge in [0, 0.05) is 18.8 Å². The van der Waals surface area contributed by atoms with Gasteiger partial charge in [0.15, 0.2) is 9.84 Å². The minimum Gasteiger partial charge on any atom is -0.465 e. The first-order chi connectivity index (χ1) is 13.8. The first-order valence-corrected chi connectivity index (χ1v) is 10.9. The molecular formula is C21H24N2O5S. The highest BCUT2D eigenvalue weighted by atomic mass is 32.2. The largest absolute Gasteiger partial charge is 0.465 e. The molecule has 1 heterocycles. The summed E-state index contributed by atoms with van der Waals surface area (Å²) in [6, 6.07) is 13.0. The summed E-state index contributed by atoms with van der Waals surface area (Å²) in [6.07, 6.45) is 0.762. The van der Waals surface area contributed by atoms with Crippen LogP contribution in [0.5, 0.6) is 0 Å². The number of nitrogens with zero attached hydrogens (tertiary/aromatic N) is 1. The molecule has 3 rings (SSSR count). The fourth-order valence-corrected chi connectivity index (χ4v) is 5.07. The Morgan fingerprint density at radius 1 is 1.07 bits per heavy atom. The van der Waals surface area contributed by atoms with Gasteiger partial charge in [-0.25, -0.2) is 18.0 Å². The Bertz CT molecular complexity index is 994. The van der Waals surface area contributed by atoms with Crippen molar-refractivity contribution in [2.45, 2.75) is 29.9 Å². The van der Waals surface area contributed by atoms with Crippen molar-refractivity contribution in [1.29, 1.82) is 0 Å².